The molecule has 8 nitrogen and oxygen atoms in total. The maximum absolute atomic E-state index is 14.1. The van der Waals surface area contributed by atoms with Gasteiger partial charge in [0.2, 0.25) is 0 Å². The fourth-order valence-corrected chi connectivity index (χ4v) is 6.21. The van der Waals surface area contributed by atoms with Crippen LogP contribution in [0.2, 0.25) is 10.0 Å². The van der Waals surface area contributed by atoms with Crippen LogP contribution < -0.4 is 29.1 Å². The maximum atomic E-state index is 14.1. The molecule has 1 aliphatic heterocycles. The highest BCUT2D eigenvalue weighted by molar-refractivity contribution is 7.07. The first-order valence-electron chi connectivity index (χ1n) is 13.3. The SMILES string of the molecule is CCOC(=O)C1=C(C)N=c2s/c(=C/c3cc(Cl)ccc3OCc3ccccc3Cl)c(=O)n2[C@@H]1c1ccc(OC)c(OC)c1. The minimum absolute atomic E-state index is 0.171. The molecule has 0 amide bonds. The summed E-state index contributed by atoms with van der Waals surface area (Å²) >= 11 is 13.9. The van der Waals surface area contributed by atoms with Crippen LogP contribution in [-0.4, -0.2) is 31.4 Å². The van der Waals surface area contributed by atoms with Crippen molar-refractivity contribution in [2.24, 2.45) is 4.99 Å². The number of nitrogens with zero attached hydrogens (tertiary/aromatic N) is 2. The Balaban J connectivity index is 1.65. The van der Waals surface area contributed by atoms with E-state index in [4.69, 9.17) is 42.1 Å². The molecule has 0 saturated heterocycles. The molecule has 0 N–H and O–H groups in total. The summed E-state index contributed by atoms with van der Waals surface area (Å²) in [5.41, 5.74) is 2.44. The van der Waals surface area contributed by atoms with E-state index in [2.05, 4.69) is 4.99 Å². The Morgan fingerprint density at radius 3 is 2.49 bits per heavy atom. The molecule has 0 radical (unpaired) electrons. The number of thiazole rings is 1. The Morgan fingerprint density at radius 2 is 1.77 bits per heavy atom. The number of carbonyl (C=O) groups excluding carboxylic acids is 1. The van der Waals surface area contributed by atoms with E-state index in [1.54, 1.807) is 62.4 Å². The van der Waals surface area contributed by atoms with E-state index in [-0.39, 0.29) is 24.3 Å². The van der Waals surface area contributed by atoms with Gasteiger partial charge in [-0.1, -0.05) is 58.8 Å². The fraction of sp³-hybridized carbons (Fsp3) is 0.219. The first kappa shape index (κ1) is 30.4. The van der Waals surface area contributed by atoms with Gasteiger partial charge in [-0.25, -0.2) is 9.79 Å². The normalized spacial score (nSPS) is 14.7. The van der Waals surface area contributed by atoms with Gasteiger partial charge in [0.05, 0.1) is 42.7 Å². The molecule has 43 heavy (non-hydrogen) atoms. The molecule has 0 aliphatic carbocycles. The standard InChI is InChI=1S/C32H28Cl2N2O6S/c1-5-41-31(38)28-18(2)35-32-36(29(28)19-10-12-25(39-3)26(15-19)40-4)30(37)27(43-32)16-21-14-22(33)11-13-24(21)42-17-20-8-6-7-9-23(20)34/h6-16,29H,5,17H2,1-4H3/b27-16+/t29-/m1/s1. The van der Waals surface area contributed by atoms with Gasteiger partial charge in [0, 0.05) is 21.2 Å². The van der Waals surface area contributed by atoms with Crippen LogP contribution in [0.3, 0.4) is 0 Å². The number of aromatic nitrogens is 1. The van der Waals surface area contributed by atoms with Crippen LogP contribution in [0.25, 0.3) is 6.08 Å². The molecular formula is C32H28Cl2N2O6S. The molecule has 1 atom stereocenters. The molecule has 0 fully saturated rings. The van der Waals surface area contributed by atoms with Crippen molar-refractivity contribution < 1.29 is 23.7 Å². The van der Waals surface area contributed by atoms with E-state index in [1.165, 1.54) is 30.1 Å². The molecule has 1 aliphatic rings. The summed E-state index contributed by atoms with van der Waals surface area (Å²) in [5, 5.41) is 1.07. The average molecular weight is 640 g/mol. The molecule has 0 saturated carbocycles. The number of methoxy groups -OCH3 is 2. The summed E-state index contributed by atoms with van der Waals surface area (Å²) in [4.78, 5) is 32.4. The number of halogens is 2. The quantitative estimate of drug-likeness (QED) is 0.219. The lowest BCUT2D eigenvalue weighted by Crippen LogP contribution is -2.40. The molecular weight excluding hydrogens is 611 g/mol. The Morgan fingerprint density at radius 1 is 1.02 bits per heavy atom. The van der Waals surface area contributed by atoms with Gasteiger partial charge in [0.15, 0.2) is 16.3 Å². The number of benzene rings is 3. The number of rotatable bonds is 9. The number of esters is 1. The van der Waals surface area contributed by atoms with Crippen molar-refractivity contribution in [2.75, 3.05) is 20.8 Å². The van der Waals surface area contributed by atoms with E-state index >= 15 is 0 Å². The Kier molecular flexibility index (Phi) is 9.25. The minimum atomic E-state index is -0.812. The highest BCUT2D eigenvalue weighted by Crippen LogP contribution is 2.36. The monoisotopic (exact) mass is 638 g/mol. The topological polar surface area (TPSA) is 88.4 Å². The Labute approximate surface area is 262 Å². The van der Waals surface area contributed by atoms with Crippen molar-refractivity contribution in [2.45, 2.75) is 26.5 Å². The third kappa shape index (κ3) is 6.20. The predicted octanol–water partition coefficient (Wildman–Crippen LogP) is 5.70. The Hall–Kier alpha value is -4.05. The van der Waals surface area contributed by atoms with E-state index in [1.807, 2.05) is 18.2 Å². The van der Waals surface area contributed by atoms with Crippen LogP contribution in [0.1, 0.15) is 36.6 Å². The third-order valence-corrected chi connectivity index (χ3v) is 8.43. The van der Waals surface area contributed by atoms with Gasteiger partial charge in [0.25, 0.3) is 5.56 Å². The van der Waals surface area contributed by atoms with E-state index in [9.17, 15) is 9.59 Å². The number of carbonyl (C=O) groups is 1. The van der Waals surface area contributed by atoms with Gasteiger partial charge in [-0.05, 0) is 61.9 Å². The van der Waals surface area contributed by atoms with Crippen molar-refractivity contribution in [3.8, 4) is 17.2 Å². The minimum Gasteiger partial charge on any atom is -0.493 e. The summed E-state index contributed by atoms with van der Waals surface area (Å²) in [6.45, 7) is 3.86. The van der Waals surface area contributed by atoms with Crippen molar-refractivity contribution >= 4 is 46.6 Å². The van der Waals surface area contributed by atoms with Crippen molar-refractivity contribution in [3.05, 3.63) is 118 Å². The highest BCUT2D eigenvalue weighted by Gasteiger charge is 2.34. The van der Waals surface area contributed by atoms with Crippen LogP contribution in [0.5, 0.6) is 17.2 Å². The number of allylic oxidation sites excluding steroid dienone is 1. The second-order valence-corrected chi connectivity index (χ2v) is 11.3. The lowest BCUT2D eigenvalue weighted by molar-refractivity contribution is -0.139. The molecule has 2 heterocycles. The van der Waals surface area contributed by atoms with Crippen LogP contribution in [0.4, 0.5) is 0 Å². The summed E-state index contributed by atoms with van der Waals surface area (Å²) in [6.07, 6.45) is 1.71. The first-order chi connectivity index (χ1) is 20.7. The number of hydrogen-bond acceptors (Lipinski definition) is 8. The van der Waals surface area contributed by atoms with Crippen molar-refractivity contribution in [1.29, 1.82) is 0 Å². The lowest BCUT2D eigenvalue weighted by atomic mass is 9.95. The second kappa shape index (κ2) is 13.1. The van der Waals surface area contributed by atoms with Crippen LogP contribution in [-0.2, 0) is 16.1 Å². The Bertz CT molecular complexity index is 1910. The van der Waals surface area contributed by atoms with E-state index < -0.39 is 12.0 Å². The summed E-state index contributed by atoms with van der Waals surface area (Å²) in [7, 11) is 3.06. The summed E-state index contributed by atoms with van der Waals surface area (Å²) < 4.78 is 24.3. The molecule has 1 aromatic heterocycles. The largest absolute Gasteiger partial charge is 0.493 e. The van der Waals surface area contributed by atoms with Crippen LogP contribution in [0, 0.1) is 0 Å². The molecule has 4 aromatic rings. The van der Waals surface area contributed by atoms with Gasteiger partial charge in [0.1, 0.15) is 12.4 Å². The molecule has 222 valence electrons. The number of fused-ring (bicyclic) bond motifs is 1. The zero-order chi connectivity index (χ0) is 30.7. The van der Waals surface area contributed by atoms with Gasteiger partial charge < -0.3 is 18.9 Å². The van der Waals surface area contributed by atoms with Gasteiger partial charge in [-0.2, -0.15) is 0 Å². The smallest absolute Gasteiger partial charge is 0.338 e. The van der Waals surface area contributed by atoms with Gasteiger partial charge >= 0.3 is 5.97 Å². The van der Waals surface area contributed by atoms with E-state index in [0.29, 0.717) is 53.5 Å². The number of ether oxygens (including phenoxy) is 4. The third-order valence-electron chi connectivity index (χ3n) is 6.84. The molecule has 0 bridgehead atoms. The van der Waals surface area contributed by atoms with Crippen molar-refractivity contribution in [3.63, 3.8) is 0 Å². The van der Waals surface area contributed by atoms with Crippen LogP contribution in [0.15, 0.2) is 81.7 Å². The van der Waals surface area contributed by atoms with Crippen LogP contribution >= 0.6 is 34.5 Å². The fourth-order valence-electron chi connectivity index (χ4n) is 4.81. The van der Waals surface area contributed by atoms with Gasteiger partial charge in [-0.3, -0.25) is 9.36 Å². The first-order valence-corrected chi connectivity index (χ1v) is 14.9. The molecule has 5 rings (SSSR count). The second-order valence-electron chi connectivity index (χ2n) is 9.48. The molecule has 3 aromatic carbocycles. The molecule has 0 spiro atoms. The van der Waals surface area contributed by atoms with Gasteiger partial charge in [-0.15, -0.1) is 0 Å². The number of hydrogen-bond donors (Lipinski definition) is 0. The highest BCUT2D eigenvalue weighted by atomic mass is 35.5. The lowest BCUT2D eigenvalue weighted by Gasteiger charge is -2.25. The van der Waals surface area contributed by atoms with E-state index in [0.717, 1.165) is 5.56 Å². The summed E-state index contributed by atoms with van der Waals surface area (Å²) in [6, 6.07) is 17.1. The zero-order valence-electron chi connectivity index (χ0n) is 23.9. The molecule has 11 heteroatoms. The zero-order valence-corrected chi connectivity index (χ0v) is 26.2. The average Bonchev–Trinajstić information content (AvgIpc) is 3.30. The predicted molar refractivity (Wildman–Crippen MR) is 167 cm³/mol. The molecule has 0 unspecified atom stereocenters. The maximum Gasteiger partial charge on any atom is 0.338 e. The summed E-state index contributed by atoms with van der Waals surface area (Å²) in [5.74, 6) is 0.944. The van der Waals surface area contributed by atoms with Crippen molar-refractivity contribution in [1.82, 2.24) is 4.57 Å².